The number of carbonyl (C=O) groups is 1. The maximum Gasteiger partial charge on any atom is 0.416 e. The van der Waals surface area contributed by atoms with Crippen LogP contribution in [0.3, 0.4) is 0 Å². The summed E-state index contributed by atoms with van der Waals surface area (Å²) in [6.45, 7) is 13.2. The molecule has 3 atom stereocenters. The number of alkyl carbamates (subject to hydrolysis) is 1. The summed E-state index contributed by atoms with van der Waals surface area (Å²) in [5, 5.41) is 12.1. The normalized spacial score (nSPS) is 24.6. The van der Waals surface area contributed by atoms with Gasteiger partial charge in [0.2, 0.25) is 0 Å². The average molecular weight is 597 g/mol. The van der Waals surface area contributed by atoms with Gasteiger partial charge in [-0.3, -0.25) is 10.00 Å². The number of anilines is 1. The molecular weight excluding hydrogens is 559 g/mol. The Balaban J connectivity index is 1.57. The van der Waals surface area contributed by atoms with Crippen molar-refractivity contribution in [1.82, 2.24) is 20.3 Å². The monoisotopic (exact) mass is 596 g/mol. The zero-order chi connectivity index (χ0) is 28.6. The molecular formula is C25H38F2N6O3SSi2. The van der Waals surface area contributed by atoms with Gasteiger partial charge in [0.25, 0.3) is 5.23 Å². The van der Waals surface area contributed by atoms with Crippen LogP contribution in [0.2, 0.25) is 45.3 Å². The van der Waals surface area contributed by atoms with Crippen LogP contribution in [0, 0.1) is 11.7 Å². The lowest BCUT2D eigenvalue weighted by molar-refractivity contribution is 0.120. The Morgan fingerprint density at radius 1 is 1.28 bits per heavy atom. The first-order valence-corrected chi connectivity index (χ1v) is 21.0. The van der Waals surface area contributed by atoms with Crippen molar-refractivity contribution >= 4 is 50.2 Å². The highest BCUT2D eigenvalue weighted by molar-refractivity contribution is 8.15. The third-order valence-electron chi connectivity index (χ3n) is 7.07. The first kappa shape index (κ1) is 29.7. The molecule has 214 valence electrons. The molecule has 14 heteroatoms. The van der Waals surface area contributed by atoms with E-state index in [4.69, 9.17) is 15.2 Å². The maximum atomic E-state index is 15.1. The minimum Gasteiger partial charge on any atom is -0.399 e. The minimum atomic E-state index is -1.69. The molecule has 0 saturated heterocycles. The van der Waals surface area contributed by atoms with Crippen LogP contribution in [0.15, 0.2) is 29.4 Å². The molecule has 39 heavy (non-hydrogen) atoms. The number of ether oxygens (including phenoxy) is 2. The number of aliphatic imine (C=N–C) groups is 1. The van der Waals surface area contributed by atoms with Gasteiger partial charge in [-0.05, 0) is 30.7 Å². The molecule has 2 aromatic rings. The number of nitrogen functional groups attached to an aromatic ring is 1. The van der Waals surface area contributed by atoms with Gasteiger partial charge in [-0.2, -0.15) is 0 Å². The summed E-state index contributed by atoms with van der Waals surface area (Å²) in [4.78, 5) is 17.1. The van der Waals surface area contributed by atoms with Gasteiger partial charge >= 0.3 is 6.09 Å². The Bertz CT molecular complexity index is 1250. The molecule has 2 aliphatic rings. The van der Waals surface area contributed by atoms with Crippen LogP contribution < -0.4 is 16.4 Å². The second-order valence-corrected chi connectivity index (χ2v) is 24.6. The zero-order valence-electron chi connectivity index (χ0n) is 23.4. The SMILES string of the molecule is C[Si](C)(C)CCOCNC(=O)OC1=N[C@](CF)(c2cc(N)ccc2F)[C@H]2C[C@@]2(Cn2cc([Si](C)(C)C)nn2)S1. The van der Waals surface area contributed by atoms with E-state index in [0.29, 0.717) is 25.3 Å². The number of thioether (sulfide) groups is 1. The van der Waals surface area contributed by atoms with Gasteiger partial charge in [-0.15, -0.1) is 5.10 Å². The molecule has 1 fully saturated rings. The van der Waals surface area contributed by atoms with Gasteiger partial charge < -0.3 is 15.2 Å². The topological polar surface area (TPSA) is 117 Å². The summed E-state index contributed by atoms with van der Waals surface area (Å²) in [5.41, 5.74) is 4.72. The number of benzene rings is 1. The van der Waals surface area contributed by atoms with Crippen LogP contribution >= 0.6 is 11.8 Å². The molecule has 4 rings (SSSR count). The van der Waals surface area contributed by atoms with Crippen molar-refractivity contribution in [1.29, 1.82) is 0 Å². The van der Waals surface area contributed by atoms with Gasteiger partial charge in [-0.25, -0.2) is 18.6 Å². The highest BCUT2D eigenvalue weighted by atomic mass is 32.2. The van der Waals surface area contributed by atoms with E-state index in [1.54, 1.807) is 4.68 Å². The van der Waals surface area contributed by atoms with Crippen LogP contribution in [0.25, 0.3) is 0 Å². The van der Waals surface area contributed by atoms with Crippen molar-refractivity contribution in [3.63, 3.8) is 0 Å². The number of carbonyl (C=O) groups excluding carboxylic acids is 1. The van der Waals surface area contributed by atoms with Crippen molar-refractivity contribution in [3.05, 3.63) is 35.8 Å². The lowest BCUT2D eigenvalue weighted by atomic mass is 9.84. The van der Waals surface area contributed by atoms with Crippen LogP contribution in [0.1, 0.15) is 12.0 Å². The first-order valence-electron chi connectivity index (χ1n) is 13.0. The lowest BCUT2D eigenvalue weighted by Crippen LogP contribution is -2.41. The predicted molar refractivity (Wildman–Crippen MR) is 156 cm³/mol. The van der Waals surface area contributed by atoms with E-state index in [2.05, 4.69) is 59.9 Å². The molecule has 1 aromatic heterocycles. The summed E-state index contributed by atoms with van der Waals surface area (Å²) in [5.74, 6) is -0.976. The van der Waals surface area contributed by atoms with Gasteiger partial charge in [-0.1, -0.05) is 56.3 Å². The molecule has 1 saturated carbocycles. The number of rotatable bonds is 10. The van der Waals surface area contributed by atoms with Crippen molar-refractivity contribution in [2.45, 2.75) is 68.6 Å². The van der Waals surface area contributed by atoms with Gasteiger partial charge in [0.15, 0.2) is 0 Å². The third kappa shape index (κ3) is 6.72. The number of hydrogen-bond donors (Lipinski definition) is 2. The Morgan fingerprint density at radius 2 is 2.03 bits per heavy atom. The number of amides is 1. The first-order chi connectivity index (χ1) is 18.2. The highest BCUT2D eigenvalue weighted by Crippen LogP contribution is 2.67. The molecule has 0 radical (unpaired) electrons. The van der Waals surface area contributed by atoms with Gasteiger partial charge in [0.1, 0.15) is 32.8 Å². The average Bonchev–Trinajstić information content (AvgIpc) is 3.34. The second kappa shape index (κ2) is 10.9. The number of nitrogens with one attached hydrogen (secondary N) is 1. The van der Waals surface area contributed by atoms with E-state index in [1.165, 1.54) is 30.0 Å². The highest BCUT2D eigenvalue weighted by Gasteiger charge is 2.69. The fraction of sp³-hybridized carbons (Fsp3) is 0.600. The number of halogens is 2. The van der Waals surface area contributed by atoms with Crippen LogP contribution in [-0.4, -0.2) is 67.2 Å². The molecule has 0 unspecified atom stereocenters. The number of aromatic nitrogens is 3. The summed E-state index contributed by atoms with van der Waals surface area (Å²) < 4.78 is 42.4. The van der Waals surface area contributed by atoms with Crippen LogP contribution in [-0.2, 0) is 21.6 Å². The summed E-state index contributed by atoms with van der Waals surface area (Å²) in [6.07, 6.45) is 1.67. The fourth-order valence-corrected chi connectivity index (χ4v) is 7.77. The van der Waals surface area contributed by atoms with Gasteiger partial charge in [0, 0.05) is 38.0 Å². The van der Waals surface area contributed by atoms with E-state index < -0.39 is 45.0 Å². The van der Waals surface area contributed by atoms with E-state index in [0.717, 1.165) is 11.4 Å². The van der Waals surface area contributed by atoms with E-state index in [9.17, 15) is 4.79 Å². The number of fused-ring (bicyclic) bond motifs is 1. The molecule has 0 spiro atoms. The summed E-state index contributed by atoms with van der Waals surface area (Å²) in [6, 6.07) is 5.02. The van der Waals surface area contributed by atoms with Crippen molar-refractivity contribution < 1.29 is 23.0 Å². The standard InChI is InChI=1S/C25H38F2N6O3SSi2/c1-38(2,3)10-9-35-16-29-22(34)36-23-30-25(14-26,18-11-17(28)7-8-19(18)27)20-12-24(20,37-23)15-33-13-21(31-32-33)39(4,5)6/h7-8,11,13,20H,9-10,12,14-16,28H2,1-6H3,(H,29,34)/t20-,24-,25+/m0/s1. The Kier molecular flexibility index (Phi) is 8.32. The fourth-order valence-electron chi connectivity index (χ4n) is 4.68. The third-order valence-corrected chi connectivity index (χ3v) is 11.9. The molecule has 1 aliphatic heterocycles. The number of alkyl halides is 1. The largest absolute Gasteiger partial charge is 0.416 e. The molecule has 1 aromatic carbocycles. The quantitative estimate of drug-likeness (QED) is 0.182. The second-order valence-electron chi connectivity index (χ2n) is 12.6. The van der Waals surface area contributed by atoms with Crippen molar-refractivity contribution in [2.24, 2.45) is 10.9 Å². The van der Waals surface area contributed by atoms with Crippen molar-refractivity contribution in [2.75, 3.05) is 25.7 Å². The molecule has 0 bridgehead atoms. The smallest absolute Gasteiger partial charge is 0.399 e. The van der Waals surface area contributed by atoms with E-state index >= 15 is 8.78 Å². The molecule has 1 amide bonds. The predicted octanol–water partition coefficient (Wildman–Crippen LogP) is 4.31. The Morgan fingerprint density at radius 3 is 2.67 bits per heavy atom. The molecule has 2 heterocycles. The Labute approximate surface area is 234 Å². The van der Waals surface area contributed by atoms with Crippen LogP contribution in [0.4, 0.5) is 19.3 Å². The van der Waals surface area contributed by atoms with Crippen molar-refractivity contribution in [3.8, 4) is 0 Å². The minimum absolute atomic E-state index is 0.0223. The maximum absolute atomic E-state index is 15.1. The molecule has 9 nitrogen and oxygen atoms in total. The number of hydrogen-bond acceptors (Lipinski definition) is 8. The number of nitrogens with zero attached hydrogens (tertiary/aromatic N) is 4. The Hall–Kier alpha value is -2.30. The number of nitrogens with two attached hydrogens (primary N) is 1. The van der Waals surface area contributed by atoms with Crippen LogP contribution in [0.5, 0.6) is 0 Å². The lowest BCUT2D eigenvalue weighted by Gasteiger charge is -2.35. The summed E-state index contributed by atoms with van der Waals surface area (Å²) in [7, 11) is -2.95. The van der Waals surface area contributed by atoms with E-state index in [-0.39, 0.29) is 23.4 Å². The molecule has 1 aliphatic carbocycles. The molecule has 3 N–H and O–H groups in total. The summed E-state index contributed by atoms with van der Waals surface area (Å²) >= 11 is 1.25. The van der Waals surface area contributed by atoms with E-state index in [1.807, 2.05) is 6.20 Å². The van der Waals surface area contributed by atoms with Gasteiger partial charge in [0.05, 0.1) is 16.6 Å². The zero-order valence-corrected chi connectivity index (χ0v) is 26.2.